The van der Waals surface area contributed by atoms with Gasteiger partial charge in [0.05, 0.1) is 18.6 Å². The molecule has 2 heterocycles. The number of nitrogens with one attached hydrogen (secondary N) is 2. The van der Waals surface area contributed by atoms with Gasteiger partial charge in [-0.2, -0.15) is 0 Å². The van der Waals surface area contributed by atoms with Gasteiger partial charge < -0.3 is 4.74 Å². The van der Waals surface area contributed by atoms with Gasteiger partial charge in [-0.05, 0) is 32.9 Å². The Kier molecular flexibility index (Phi) is 4.85. The number of aromatic nitrogens is 3. The van der Waals surface area contributed by atoms with Crippen LogP contribution in [0.4, 0.5) is 0 Å². The smallest absolute Gasteiger partial charge is 0.263 e. The molecule has 0 saturated carbocycles. The van der Waals surface area contributed by atoms with E-state index in [2.05, 4.69) is 27.0 Å². The van der Waals surface area contributed by atoms with Crippen LogP contribution in [0, 0.1) is 19.3 Å². The number of hydrogen-bond acceptors (Lipinski definition) is 5. The Balaban J connectivity index is 1.58. The number of benzene rings is 1. The Morgan fingerprint density at radius 2 is 1.88 bits per heavy atom. The second-order valence-electron chi connectivity index (χ2n) is 6.74. The Bertz CT molecular complexity index is 847. The van der Waals surface area contributed by atoms with Crippen molar-refractivity contribution in [3.8, 4) is 11.4 Å². The van der Waals surface area contributed by atoms with Crippen molar-refractivity contribution in [2.45, 2.75) is 20.8 Å². The van der Waals surface area contributed by atoms with E-state index < -0.39 is 11.3 Å². The zero-order valence-electron chi connectivity index (χ0n) is 14.9. The van der Waals surface area contributed by atoms with Gasteiger partial charge in [0.15, 0.2) is 5.82 Å². The standard InChI is InChI=1S/C18H21N5O3/c1-12-6-13(2)8-14(7-12)16-19-11-23(22-16)5-4-15(24)20-21-17(25)18(3)9-26-10-18/h4-8,11H,9-10H2,1-3H3,(H,20,24)(H,21,25)/b5-4-. The Morgan fingerprint density at radius 1 is 1.19 bits per heavy atom. The highest BCUT2D eigenvalue weighted by molar-refractivity contribution is 5.92. The summed E-state index contributed by atoms with van der Waals surface area (Å²) in [6.07, 6.45) is 4.25. The zero-order chi connectivity index (χ0) is 18.7. The van der Waals surface area contributed by atoms with Crippen LogP contribution in [0.25, 0.3) is 17.6 Å². The van der Waals surface area contributed by atoms with E-state index >= 15 is 0 Å². The summed E-state index contributed by atoms with van der Waals surface area (Å²) in [4.78, 5) is 28.0. The van der Waals surface area contributed by atoms with E-state index in [0.29, 0.717) is 19.0 Å². The maximum atomic E-state index is 11.9. The molecule has 8 heteroatoms. The van der Waals surface area contributed by atoms with Crippen molar-refractivity contribution in [3.63, 3.8) is 0 Å². The number of carbonyl (C=O) groups is 2. The largest absolute Gasteiger partial charge is 0.379 e. The van der Waals surface area contributed by atoms with Gasteiger partial charge in [0, 0.05) is 17.8 Å². The number of hydrogen-bond donors (Lipinski definition) is 2. The molecule has 1 aliphatic heterocycles. The number of nitrogens with zero attached hydrogens (tertiary/aromatic N) is 3. The minimum absolute atomic E-state index is 0.275. The summed E-state index contributed by atoms with van der Waals surface area (Å²) in [5, 5.41) is 4.33. The van der Waals surface area contributed by atoms with Gasteiger partial charge in [-0.1, -0.05) is 17.2 Å². The van der Waals surface area contributed by atoms with E-state index in [4.69, 9.17) is 4.74 Å². The highest BCUT2D eigenvalue weighted by Gasteiger charge is 2.41. The van der Waals surface area contributed by atoms with Gasteiger partial charge in [-0.3, -0.25) is 20.4 Å². The van der Waals surface area contributed by atoms with Gasteiger partial charge in [0.2, 0.25) is 5.91 Å². The minimum Gasteiger partial charge on any atom is -0.379 e. The monoisotopic (exact) mass is 355 g/mol. The molecule has 1 aromatic heterocycles. The predicted molar refractivity (Wildman–Crippen MR) is 95.5 cm³/mol. The maximum absolute atomic E-state index is 11.9. The number of carbonyl (C=O) groups excluding carboxylic acids is 2. The third-order valence-corrected chi connectivity index (χ3v) is 4.06. The Hall–Kier alpha value is -3.00. The molecule has 0 spiro atoms. The first-order chi connectivity index (χ1) is 12.4. The first-order valence-electron chi connectivity index (χ1n) is 8.22. The molecule has 1 aromatic carbocycles. The number of hydrazine groups is 1. The Labute approximate surface area is 151 Å². The maximum Gasteiger partial charge on any atom is 0.263 e. The number of amides is 2. The van der Waals surface area contributed by atoms with E-state index in [0.717, 1.165) is 16.7 Å². The molecule has 1 fully saturated rings. The SMILES string of the molecule is Cc1cc(C)cc(-c2ncn(/C=C\C(=O)NNC(=O)C3(C)COC3)n2)c1. The average molecular weight is 355 g/mol. The van der Waals surface area contributed by atoms with Crippen LogP contribution in [-0.4, -0.2) is 39.8 Å². The Morgan fingerprint density at radius 3 is 2.50 bits per heavy atom. The molecule has 0 unspecified atom stereocenters. The van der Waals surface area contributed by atoms with Crippen LogP contribution < -0.4 is 10.9 Å². The van der Waals surface area contributed by atoms with Gasteiger partial charge in [0.25, 0.3) is 5.91 Å². The lowest BCUT2D eigenvalue weighted by Crippen LogP contribution is -2.56. The van der Waals surface area contributed by atoms with Crippen LogP contribution in [0.3, 0.4) is 0 Å². The van der Waals surface area contributed by atoms with Crippen LogP contribution in [0.1, 0.15) is 18.1 Å². The molecular formula is C18H21N5O3. The van der Waals surface area contributed by atoms with E-state index in [1.807, 2.05) is 26.0 Å². The third kappa shape index (κ3) is 3.97. The second-order valence-corrected chi connectivity index (χ2v) is 6.74. The summed E-state index contributed by atoms with van der Waals surface area (Å²) in [6, 6.07) is 6.09. The fraction of sp³-hybridized carbons (Fsp3) is 0.333. The predicted octanol–water partition coefficient (Wildman–Crippen LogP) is 1.22. The molecule has 2 amide bonds. The summed E-state index contributed by atoms with van der Waals surface area (Å²) >= 11 is 0. The third-order valence-electron chi connectivity index (χ3n) is 4.06. The van der Waals surface area contributed by atoms with E-state index in [-0.39, 0.29) is 5.91 Å². The summed E-state index contributed by atoms with van der Waals surface area (Å²) in [5.74, 6) is -0.165. The topological polar surface area (TPSA) is 98.1 Å². The first kappa shape index (κ1) is 17.8. The number of ether oxygens (including phenoxy) is 1. The van der Waals surface area contributed by atoms with Crippen molar-refractivity contribution in [1.82, 2.24) is 25.6 Å². The summed E-state index contributed by atoms with van der Waals surface area (Å²) < 4.78 is 6.46. The molecule has 0 bridgehead atoms. The molecule has 2 N–H and O–H groups in total. The molecule has 0 atom stereocenters. The highest BCUT2D eigenvalue weighted by atomic mass is 16.5. The fourth-order valence-corrected chi connectivity index (χ4v) is 2.58. The lowest BCUT2D eigenvalue weighted by molar-refractivity contribution is -0.159. The number of rotatable bonds is 4. The van der Waals surface area contributed by atoms with Gasteiger partial charge in [-0.25, -0.2) is 9.67 Å². The molecule has 1 saturated heterocycles. The quantitative estimate of drug-likeness (QED) is 0.635. The van der Waals surface area contributed by atoms with Crippen molar-refractivity contribution >= 4 is 18.0 Å². The van der Waals surface area contributed by atoms with E-state index in [1.165, 1.54) is 23.3 Å². The summed E-state index contributed by atoms with van der Waals surface area (Å²) in [6.45, 7) is 6.51. The van der Waals surface area contributed by atoms with Crippen molar-refractivity contribution in [3.05, 3.63) is 41.7 Å². The molecule has 136 valence electrons. The van der Waals surface area contributed by atoms with Crippen LogP contribution in [-0.2, 0) is 14.3 Å². The van der Waals surface area contributed by atoms with Crippen LogP contribution >= 0.6 is 0 Å². The van der Waals surface area contributed by atoms with Crippen molar-refractivity contribution < 1.29 is 14.3 Å². The summed E-state index contributed by atoms with van der Waals surface area (Å²) in [7, 11) is 0. The molecule has 1 aliphatic rings. The lowest BCUT2D eigenvalue weighted by atomic mass is 9.88. The minimum atomic E-state index is -0.580. The zero-order valence-corrected chi connectivity index (χ0v) is 14.9. The molecule has 2 aromatic rings. The molecular weight excluding hydrogens is 334 g/mol. The van der Waals surface area contributed by atoms with Crippen LogP contribution in [0.5, 0.6) is 0 Å². The average Bonchev–Trinajstić information content (AvgIpc) is 3.04. The molecule has 8 nitrogen and oxygen atoms in total. The normalized spacial score (nSPS) is 15.5. The van der Waals surface area contributed by atoms with Gasteiger partial charge in [-0.15, -0.1) is 5.10 Å². The van der Waals surface area contributed by atoms with Crippen LogP contribution in [0.2, 0.25) is 0 Å². The lowest BCUT2D eigenvalue weighted by Gasteiger charge is -2.35. The molecule has 3 rings (SSSR count). The first-order valence-corrected chi connectivity index (χ1v) is 8.22. The van der Waals surface area contributed by atoms with Crippen LogP contribution in [0.15, 0.2) is 30.6 Å². The fourth-order valence-electron chi connectivity index (χ4n) is 2.58. The molecule has 0 radical (unpaired) electrons. The second kappa shape index (κ2) is 7.09. The highest BCUT2D eigenvalue weighted by Crippen LogP contribution is 2.26. The molecule has 26 heavy (non-hydrogen) atoms. The molecule has 0 aliphatic carbocycles. The van der Waals surface area contributed by atoms with Crippen molar-refractivity contribution in [2.24, 2.45) is 5.41 Å². The van der Waals surface area contributed by atoms with Crippen molar-refractivity contribution in [2.75, 3.05) is 13.2 Å². The van der Waals surface area contributed by atoms with Crippen molar-refractivity contribution in [1.29, 1.82) is 0 Å². The van der Waals surface area contributed by atoms with Gasteiger partial charge >= 0.3 is 0 Å². The van der Waals surface area contributed by atoms with E-state index in [9.17, 15) is 9.59 Å². The van der Waals surface area contributed by atoms with Gasteiger partial charge in [0.1, 0.15) is 6.33 Å². The van der Waals surface area contributed by atoms with E-state index in [1.54, 1.807) is 6.92 Å². The number of aryl methyl sites for hydroxylation is 2. The summed E-state index contributed by atoms with van der Waals surface area (Å²) in [5.41, 5.74) is 7.33.